The molecule has 106 valence electrons. The van der Waals surface area contributed by atoms with Gasteiger partial charge >= 0.3 is 0 Å². The molecular formula is C15H21BrFNO. The summed E-state index contributed by atoms with van der Waals surface area (Å²) in [6.07, 6.45) is 2.04. The maximum atomic E-state index is 13.6. The molecule has 0 saturated carbocycles. The van der Waals surface area contributed by atoms with Gasteiger partial charge in [0.15, 0.2) is 5.78 Å². The van der Waals surface area contributed by atoms with Gasteiger partial charge in [0.25, 0.3) is 0 Å². The van der Waals surface area contributed by atoms with Gasteiger partial charge in [-0.1, -0.05) is 29.8 Å². The minimum Gasteiger partial charge on any atom is -0.330 e. The zero-order chi connectivity index (χ0) is 14.4. The molecule has 1 aromatic carbocycles. The van der Waals surface area contributed by atoms with Crippen LogP contribution in [0.4, 0.5) is 4.39 Å². The summed E-state index contributed by atoms with van der Waals surface area (Å²) in [5.41, 5.74) is 5.75. The van der Waals surface area contributed by atoms with Gasteiger partial charge in [-0.15, -0.1) is 0 Å². The number of halogens is 2. The summed E-state index contributed by atoms with van der Waals surface area (Å²) in [6.45, 7) is 4.89. The van der Waals surface area contributed by atoms with Crippen molar-refractivity contribution in [3.05, 3.63) is 34.1 Å². The van der Waals surface area contributed by atoms with Crippen molar-refractivity contribution in [2.24, 2.45) is 17.6 Å². The Balaban J connectivity index is 2.66. The Bertz CT molecular complexity index is 434. The molecule has 0 saturated heterocycles. The first-order valence-corrected chi connectivity index (χ1v) is 7.43. The van der Waals surface area contributed by atoms with Gasteiger partial charge in [0.05, 0.1) is 5.56 Å². The number of Topliss-reactive ketones (excluding diaryl/α,β-unsaturated/α-hetero) is 1. The van der Waals surface area contributed by atoms with Crippen molar-refractivity contribution in [1.82, 2.24) is 0 Å². The quantitative estimate of drug-likeness (QED) is 0.763. The molecule has 1 aromatic rings. The second-order valence-electron chi connectivity index (χ2n) is 5.17. The Morgan fingerprint density at radius 2 is 2.05 bits per heavy atom. The van der Waals surface area contributed by atoms with Crippen LogP contribution < -0.4 is 5.73 Å². The molecule has 0 bridgehead atoms. The summed E-state index contributed by atoms with van der Waals surface area (Å²) >= 11 is 3.26. The fraction of sp³-hybridized carbons (Fsp3) is 0.533. The molecule has 0 fully saturated rings. The molecule has 1 unspecified atom stereocenters. The summed E-state index contributed by atoms with van der Waals surface area (Å²) in [4.78, 5) is 12.1. The van der Waals surface area contributed by atoms with Crippen LogP contribution in [0.25, 0.3) is 0 Å². The van der Waals surface area contributed by atoms with Crippen LogP contribution in [0.5, 0.6) is 0 Å². The monoisotopic (exact) mass is 329 g/mol. The number of hydrogen-bond donors (Lipinski definition) is 1. The van der Waals surface area contributed by atoms with Crippen LogP contribution in [0, 0.1) is 17.7 Å². The van der Waals surface area contributed by atoms with Crippen LogP contribution in [0.1, 0.15) is 43.5 Å². The van der Waals surface area contributed by atoms with Gasteiger partial charge in [-0.3, -0.25) is 4.79 Å². The lowest BCUT2D eigenvalue weighted by Gasteiger charge is -2.19. The molecule has 1 atom stereocenters. The van der Waals surface area contributed by atoms with Gasteiger partial charge in [0.2, 0.25) is 0 Å². The Hall–Kier alpha value is -0.740. The first kappa shape index (κ1) is 16.3. The molecule has 2 nitrogen and oxygen atoms in total. The highest BCUT2D eigenvalue weighted by atomic mass is 79.9. The van der Waals surface area contributed by atoms with E-state index in [1.807, 2.05) is 0 Å². The highest BCUT2D eigenvalue weighted by molar-refractivity contribution is 9.10. The third-order valence-electron chi connectivity index (χ3n) is 3.45. The van der Waals surface area contributed by atoms with Gasteiger partial charge in [-0.05, 0) is 49.4 Å². The second-order valence-corrected chi connectivity index (χ2v) is 6.08. The lowest BCUT2D eigenvalue weighted by molar-refractivity contribution is 0.0965. The Morgan fingerprint density at radius 1 is 1.37 bits per heavy atom. The first-order chi connectivity index (χ1) is 8.95. The standard InChI is InChI=1S/C15H21BrFNO/c1-10(2)11(7-8-18)3-6-15(19)13-9-12(16)4-5-14(13)17/h4-5,9-11H,3,6-8,18H2,1-2H3. The molecule has 0 amide bonds. The second kappa shape index (κ2) is 7.75. The van der Waals surface area contributed by atoms with E-state index in [1.165, 1.54) is 6.07 Å². The van der Waals surface area contributed by atoms with Crippen LogP contribution >= 0.6 is 15.9 Å². The highest BCUT2D eigenvalue weighted by Gasteiger charge is 2.17. The van der Waals surface area contributed by atoms with E-state index in [0.29, 0.717) is 24.8 Å². The van der Waals surface area contributed by atoms with Crippen LogP contribution in [0.3, 0.4) is 0 Å². The average Bonchev–Trinajstić information content (AvgIpc) is 2.36. The molecule has 1 rings (SSSR count). The van der Waals surface area contributed by atoms with Crippen molar-refractivity contribution in [2.45, 2.75) is 33.1 Å². The Kier molecular flexibility index (Phi) is 6.66. The van der Waals surface area contributed by atoms with E-state index in [1.54, 1.807) is 12.1 Å². The van der Waals surface area contributed by atoms with E-state index < -0.39 is 5.82 Å². The topological polar surface area (TPSA) is 43.1 Å². The zero-order valence-corrected chi connectivity index (χ0v) is 13.0. The van der Waals surface area contributed by atoms with Gasteiger partial charge in [-0.2, -0.15) is 0 Å². The Labute approximate surface area is 122 Å². The molecule has 0 heterocycles. The molecule has 2 N–H and O–H groups in total. The van der Waals surface area contributed by atoms with E-state index >= 15 is 0 Å². The number of carbonyl (C=O) groups is 1. The normalized spacial score (nSPS) is 12.7. The number of hydrogen-bond acceptors (Lipinski definition) is 2. The highest BCUT2D eigenvalue weighted by Crippen LogP contribution is 2.23. The molecule has 0 aromatic heterocycles. The van der Waals surface area contributed by atoms with Crippen LogP contribution in [0.15, 0.2) is 22.7 Å². The summed E-state index contributed by atoms with van der Waals surface area (Å²) in [5.74, 6) is 0.322. The lowest BCUT2D eigenvalue weighted by atomic mass is 9.87. The van der Waals surface area contributed by atoms with Crippen molar-refractivity contribution in [2.75, 3.05) is 6.54 Å². The zero-order valence-electron chi connectivity index (χ0n) is 11.5. The maximum Gasteiger partial charge on any atom is 0.165 e. The van der Waals surface area contributed by atoms with Gasteiger partial charge < -0.3 is 5.73 Å². The number of nitrogens with two attached hydrogens (primary N) is 1. The average molecular weight is 330 g/mol. The predicted octanol–water partition coefficient (Wildman–Crippen LogP) is 4.17. The molecule has 0 spiro atoms. The van der Waals surface area contributed by atoms with Crippen molar-refractivity contribution >= 4 is 21.7 Å². The van der Waals surface area contributed by atoms with Crippen molar-refractivity contribution < 1.29 is 9.18 Å². The molecule has 0 aliphatic rings. The number of benzene rings is 1. The Morgan fingerprint density at radius 3 is 2.63 bits per heavy atom. The van der Waals surface area contributed by atoms with E-state index in [0.717, 1.165) is 17.3 Å². The minimum absolute atomic E-state index is 0.138. The van der Waals surface area contributed by atoms with Crippen LogP contribution in [-0.4, -0.2) is 12.3 Å². The summed E-state index contributed by atoms with van der Waals surface area (Å²) < 4.78 is 14.3. The number of ketones is 1. The van der Waals surface area contributed by atoms with Crippen LogP contribution in [-0.2, 0) is 0 Å². The van der Waals surface area contributed by atoms with E-state index in [4.69, 9.17) is 5.73 Å². The fourth-order valence-corrected chi connectivity index (χ4v) is 2.55. The van der Waals surface area contributed by atoms with Crippen molar-refractivity contribution in [1.29, 1.82) is 0 Å². The fourth-order valence-electron chi connectivity index (χ4n) is 2.19. The van der Waals surface area contributed by atoms with E-state index in [2.05, 4.69) is 29.8 Å². The van der Waals surface area contributed by atoms with E-state index in [-0.39, 0.29) is 11.3 Å². The lowest BCUT2D eigenvalue weighted by Crippen LogP contribution is -2.16. The van der Waals surface area contributed by atoms with Gasteiger partial charge in [-0.25, -0.2) is 4.39 Å². The minimum atomic E-state index is -0.451. The first-order valence-electron chi connectivity index (χ1n) is 6.64. The molecule has 4 heteroatoms. The van der Waals surface area contributed by atoms with Crippen molar-refractivity contribution in [3.8, 4) is 0 Å². The molecule has 0 aliphatic carbocycles. The maximum absolute atomic E-state index is 13.6. The smallest absolute Gasteiger partial charge is 0.165 e. The van der Waals surface area contributed by atoms with Crippen LogP contribution in [0.2, 0.25) is 0 Å². The SMILES string of the molecule is CC(C)C(CCN)CCC(=O)c1cc(Br)ccc1F. The third kappa shape index (κ3) is 5.03. The van der Waals surface area contributed by atoms with Gasteiger partial charge in [0.1, 0.15) is 5.82 Å². The number of rotatable bonds is 7. The van der Waals surface area contributed by atoms with Gasteiger partial charge in [0, 0.05) is 10.9 Å². The molecule has 19 heavy (non-hydrogen) atoms. The number of carbonyl (C=O) groups excluding carboxylic acids is 1. The third-order valence-corrected chi connectivity index (χ3v) is 3.94. The summed E-state index contributed by atoms with van der Waals surface area (Å²) in [7, 11) is 0. The molecule has 0 aliphatic heterocycles. The summed E-state index contributed by atoms with van der Waals surface area (Å²) in [5, 5.41) is 0. The molecule has 0 radical (unpaired) electrons. The molecular weight excluding hydrogens is 309 g/mol. The summed E-state index contributed by atoms with van der Waals surface area (Å²) in [6, 6.07) is 4.46. The van der Waals surface area contributed by atoms with Crippen molar-refractivity contribution in [3.63, 3.8) is 0 Å². The van der Waals surface area contributed by atoms with E-state index in [9.17, 15) is 9.18 Å². The predicted molar refractivity (Wildman–Crippen MR) is 79.7 cm³/mol. The largest absolute Gasteiger partial charge is 0.330 e.